The van der Waals surface area contributed by atoms with E-state index >= 15 is 0 Å². The van der Waals surface area contributed by atoms with Crippen LogP contribution in [-0.4, -0.2) is 17.9 Å². The highest BCUT2D eigenvalue weighted by molar-refractivity contribution is 14.1. The van der Waals surface area contributed by atoms with Crippen molar-refractivity contribution in [2.24, 2.45) is 0 Å². The molecule has 0 atom stereocenters. The van der Waals surface area contributed by atoms with Gasteiger partial charge < -0.3 is 5.32 Å². The quantitative estimate of drug-likeness (QED) is 0.620. The lowest BCUT2D eigenvalue weighted by molar-refractivity contribution is 0.0957. The first-order chi connectivity index (χ1) is 5.65. The summed E-state index contributed by atoms with van der Waals surface area (Å²) in [5.41, 5.74) is 0.0930. The lowest BCUT2D eigenvalue weighted by Crippen LogP contribution is -2.19. The monoisotopic (exact) mass is 280 g/mol. The summed E-state index contributed by atoms with van der Waals surface area (Å²) in [6.07, 6.45) is 0. The van der Waals surface area contributed by atoms with Gasteiger partial charge in [0.1, 0.15) is 5.69 Å². The van der Waals surface area contributed by atoms with Crippen molar-refractivity contribution in [3.8, 4) is 0 Å². The Morgan fingerprint density at radius 2 is 2.33 bits per heavy atom. The molecular weight excluding hydrogens is 274 g/mol. The normalized spacial score (nSPS) is 9.58. The molecule has 0 aromatic carbocycles. The Labute approximate surface area is 82.5 Å². The highest BCUT2D eigenvalue weighted by Crippen LogP contribution is 2.08. The lowest BCUT2D eigenvalue weighted by atomic mass is 10.3. The van der Waals surface area contributed by atoms with Crippen LogP contribution in [0.3, 0.4) is 0 Å². The van der Waals surface area contributed by atoms with E-state index in [2.05, 4.69) is 10.3 Å². The van der Waals surface area contributed by atoms with E-state index in [-0.39, 0.29) is 11.6 Å². The Hall–Kier alpha value is -0.720. The van der Waals surface area contributed by atoms with Crippen LogP contribution in [0.1, 0.15) is 10.5 Å². The first kappa shape index (κ1) is 9.37. The van der Waals surface area contributed by atoms with Crippen molar-refractivity contribution in [3.63, 3.8) is 0 Å². The molecule has 0 aliphatic heterocycles. The van der Waals surface area contributed by atoms with Crippen molar-refractivity contribution in [3.05, 3.63) is 27.3 Å². The predicted octanol–water partition coefficient (Wildman–Crippen LogP) is 1.18. The van der Waals surface area contributed by atoms with Gasteiger partial charge in [-0.3, -0.25) is 4.79 Å². The Kier molecular flexibility index (Phi) is 2.96. The Bertz CT molecular complexity index is 316. The number of aromatic nitrogens is 1. The first-order valence-corrected chi connectivity index (χ1v) is 4.27. The maximum atomic E-state index is 12.8. The number of hydrogen-bond donors (Lipinski definition) is 1. The SMILES string of the molecule is CNC(=O)c1ccc(I)c(F)n1. The van der Waals surface area contributed by atoms with Crippen molar-refractivity contribution in [2.75, 3.05) is 7.05 Å². The van der Waals surface area contributed by atoms with Crippen molar-refractivity contribution in [1.29, 1.82) is 0 Å². The van der Waals surface area contributed by atoms with Gasteiger partial charge in [0.15, 0.2) is 0 Å². The van der Waals surface area contributed by atoms with E-state index in [0.717, 1.165) is 0 Å². The zero-order valence-corrected chi connectivity index (χ0v) is 8.42. The summed E-state index contributed by atoms with van der Waals surface area (Å²) in [5.74, 6) is -0.998. The minimum atomic E-state index is -0.614. The topological polar surface area (TPSA) is 42.0 Å². The van der Waals surface area contributed by atoms with Gasteiger partial charge in [-0.15, -0.1) is 0 Å². The van der Waals surface area contributed by atoms with E-state index in [1.807, 2.05) is 22.6 Å². The molecule has 5 heteroatoms. The molecule has 0 fully saturated rings. The molecule has 3 nitrogen and oxygen atoms in total. The molecular formula is C7H6FIN2O. The third kappa shape index (κ3) is 1.90. The zero-order valence-electron chi connectivity index (χ0n) is 6.27. The van der Waals surface area contributed by atoms with E-state index in [9.17, 15) is 9.18 Å². The maximum Gasteiger partial charge on any atom is 0.269 e. The number of halogens is 2. The second-order valence-electron chi connectivity index (χ2n) is 2.05. The minimum absolute atomic E-state index is 0.0930. The van der Waals surface area contributed by atoms with Gasteiger partial charge in [-0.1, -0.05) is 0 Å². The van der Waals surface area contributed by atoms with E-state index in [4.69, 9.17) is 0 Å². The fraction of sp³-hybridized carbons (Fsp3) is 0.143. The van der Waals surface area contributed by atoms with Crippen LogP contribution in [0.5, 0.6) is 0 Å². The fourth-order valence-electron chi connectivity index (χ4n) is 0.672. The lowest BCUT2D eigenvalue weighted by Gasteiger charge is -1.98. The van der Waals surface area contributed by atoms with Crippen LogP contribution in [0.25, 0.3) is 0 Å². The molecule has 0 aliphatic rings. The number of rotatable bonds is 1. The van der Waals surface area contributed by atoms with Gasteiger partial charge in [0.25, 0.3) is 5.91 Å². The van der Waals surface area contributed by atoms with Crippen LogP contribution in [0.4, 0.5) is 4.39 Å². The zero-order chi connectivity index (χ0) is 9.14. The van der Waals surface area contributed by atoms with Gasteiger partial charge in [-0.2, -0.15) is 4.39 Å². The summed E-state index contributed by atoms with van der Waals surface area (Å²) in [5, 5.41) is 2.36. The molecule has 0 radical (unpaired) electrons. The Balaban J connectivity index is 3.05. The van der Waals surface area contributed by atoms with Gasteiger partial charge in [-0.25, -0.2) is 4.98 Å². The molecule has 1 aromatic heterocycles. The van der Waals surface area contributed by atoms with Gasteiger partial charge in [-0.05, 0) is 34.7 Å². The molecule has 0 spiro atoms. The number of amides is 1. The molecule has 1 rings (SSSR count). The molecule has 1 amide bonds. The second-order valence-corrected chi connectivity index (χ2v) is 3.21. The largest absolute Gasteiger partial charge is 0.354 e. The van der Waals surface area contributed by atoms with E-state index in [1.165, 1.54) is 19.2 Å². The highest BCUT2D eigenvalue weighted by atomic mass is 127. The summed E-state index contributed by atoms with van der Waals surface area (Å²) in [7, 11) is 1.47. The highest BCUT2D eigenvalue weighted by Gasteiger charge is 2.07. The smallest absolute Gasteiger partial charge is 0.269 e. The van der Waals surface area contributed by atoms with Crippen LogP contribution in [0, 0.1) is 9.52 Å². The van der Waals surface area contributed by atoms with Crippen LogP contribution < -0.4 is 5.32 Å². The molecule has 0 unspecified atom stereocenters. The minimum Gasteiger partial charge on any atom is -0.354 e. The standard InChI is InChI=1S/C7H6FIN2O/c1-10-7(12)5-3-2-4(9)6(8)11-5/h2-3H,1H3,(H,10,12). The van der Waals surface area contributed by atoms with Crippen LogP contribution >= 0.6 is 22.6 Å². The van der Waals surface area contributed by atoms with E-state index in [0.29, 0.717) is 3.57 Å². The van der Waals surface area contributed by atoms with Crippen LogP contribution in [0.15, 0.2) is 12.1 Å². The molecule has 12 heavy (non-hydrogen) atoms. The number of hydrogen-bond acceptors (Lipinski definition) is 2. The molecule has 64 valence electrons. The Morgan fingerprint density at radius 1 is 1.67 bits per heavy atom. The molecule has 0 saturated heterocycles. The average Bonchev–Trinajstić information content (AvgIpc) is 2.08. The molecule has 0 bridgehead atoms. The van der Waals surface area contributed by atoms with Crippen LogP contribution in [0.2, 0.25) is 0 Å². The van der Waals surface area contributed by atoms with Crippen molar-refractivity contribution >= 4 is 28.5 Å². The average molecular weight is 280 g/mol. The summed E-state index contributed by atoms with van der Waals surface area (Å²) < 4.78 is 13.2. The van der Waals surface area contributed by atoms with Crippen LogP contribution in [-0.2, 0) is 0 Å². The predicted molar refractivity (Wildman–Crippen MR) is 50.3 cm³/mol. The number of carbonyl (C=O) groups excluding carboxylic acids is 1. The van der Waals surface area contributed by atoms with E-state index < -0.39 is 5.95 Å². The number of pyridine rings is 1. The van der Waals surface area contributed by atoms with Crippen molar-refractivity contribution in [1.82, 2.24) is 10.3 Å². The number of carbonyl (C=O) groups is 1. The van der Waals surface area contributed by atoms with Gasteiger partial charge in [0.2, 0.25) is 5.95 Å². The van der Waals surface area contributed by atoms with E-state index in [1.54, 1.807) is 0 Å². The third-order valence-corrected chi connectivity index (χ3v) is 2.07. The second kappa shape index (κ2) is 3.79. The van der Waals surface area contributed by atoms with Crippen molar-refractivity contribution < 1.29 is 9.18 Å². The van der Waals surface area contributed by atoms with Gasteiger partial charge in [0.05, 0.1) is 3.57 Å². The third-order valence-electron chi connectivity index (χ3n) is 1.26. The summed E-state index contributed by atoms with van der Waals surface area (Å²) in [6.45, 7) is 0. The number of nitrogens with zero attached hydrogens (tertiary/aromatic N) is 1. The fourth-order valence-corrected chi connectivity index (χ4v) is 0.972. The molecule has 0 aliphatic carbocycles. The van der Waals surface area contributed by atoms with Gasteiger partial charge in [0, 0.05) is 7.05 Å². The molecule has 0 saturated carbocycles. The first-order valence-electron chi connectivity index (χ1n) is 3.19. The molecule has 1 N–H and O–H groups in total. The molecule has 1 aromatic rings. The summed E-state index contributed by atoms with van der Waals surface area (Å²) in [4.78, 5) is 14.4. The molecule has 1 heterocycles. The number of nitrogens with one attached hydrogen (secondary N) is 1. The van der Waals surface area contributed by atoms with Gasteiger partial charge >= 0.3 is 0 Å². The van der Waals surface area contributed by atoms with Crippen molar-refractivity contribution in [2.45, 2.75) is 0 Å². The summed E-state index contributed by atoms with van der Waals surface area (Å²) >= 11 is 1.81. The Morgan fingerprint density at radius 3 is 2.83 bits per heavy atom. The summed E-state index contributed by atoms with van der Waals surface area (Å²) in [6, 6.07) is 2.98. The maximum absolute atomic E-state index is 12.8.